The van der Waals surface area contributed by atoms with Crippen molar-refractivity contribution in [2.75, 3.05) is 13.7 Å². The third-order valence-electron chi connectivity index (χ3n) is 4.70. The van der Waals surface area contributed by atoms with Gasteiger partial charge in [-0.3, -0.25) is 4.79 Å². The molecular formula is C18H25NO4. The van der Waals surface area contributed by atoms with E-state index >= 15 is 0 Å². The highest BCUT2D eigenvalue weighted by Gasteiger charge is 2.26. The molecule has 0 radical (unpaired) electrons. The van der Waals surface area contributed by atoms with E-state index in [1.54, 1.807) is 24.3 Å². The molecule has 0 atom stereocenters. The minimum atomic E-state index is -1.04. The molecule has 126 valence electrons. The molecule has 0 aromatic heterocycles. The molecule has 1 aromatic carbocycles. The number of aliphatic carboxylic acids is 1. The zero-order chi connectivity index (χ0) is 16.8. The first-order chi connectivity index (χ1) is 11.0. The Morgan fingerprint density at radius 2 is 1.96 bits per heavy atom. The number of ether oxygens (including phenoxy) is 1. The predicted molar refractivity (Wildman–Crippen MR) is 87.7 cm³/mol. The van der Waals surface area contributed by atoms with Gasteiger partial charge in [-0.1, -0.05) is 19.4 Å². The van der Waals surface area contributed by atoms with Crippen molar-refractivity contribution in [1.29, 1.82) is 0 Å². The Morgan fingerprint density at radius 1 is 1.26 bits per heavy atom. The van der Waals surface area contributed by atoms with E-state index in [1.807, 2.05) is 11.9 Å². The summed E-state index contributed by atoms with van der Waals surface area (Å²) in [5.74, 6) is 0.126. The first-order valence-electron chi connectivity index (χ1n) is 8.23. The zero-order valence-corrected chi connectivity index (χ0v) is 13.8. The molecule has 1 amide bonds. The molecule has 0 spiro atoms. The summed E-state index contributed by atoms with van der Waals surface area (Å²) in [4.78, 5) is 25.0. The average Bonchev–Trinajstić information content (AvgIpc) is 2.59. The van der Waals surface area contributed by atoms with Crippen LogP contribution in [0.3, 0.4) is 0 Å². The lowest BCUT2D eigenvalue weighted by Crippen LogP contribution is -2.39. The molecule has 0 heterocycles. The Labute approximate surface area is 137 Å². The average molecular weight is 319 g/mol. The van der Waals surface area contributed by atoms with E-state index in [4.69, 9.17) is 9.84 Å². The molecule has 1 aromatic rings. The van der Waals surface area contributed by atoms with Crippen LogP contribution in [0.25, 0.3) is 0 Å². The second-order valence-electron chi connectivity index (χ2n) is 6.21. The summed E-state index contributed by atoms with van der Waals surface area (Å²) in [6, 6.07) is 7.01. The molecule has 5 nitrogen and oxygen atoms in total. The third-order valence-corrected chi connectivity index (χ3v) is 4.70. The molecule has 0 aliphatic heterocycles. The number of carboxylic acid groups (broad SMARTS) is 1. The van der Waals surface area contributed by atoms with Crippen LogP contribution in [0.1, 0.15) is 49.4 Å². The Kier molecular flexibility index (Phi) is 6.02. The molecule has 1 saturated carbocycles. The van der Waals surface area contributed by atoms with Crippen LogP contribution in [0.2, 0.25) is 0 Å². The van der Waals surface area contributed by atoms with Gasteiger partial charge in [0.1, 0.15) is 5.75 Å². The molecular weight excluding hydrogens is 294 g/mol. The van der Waals surface area contributed by atoms with Crippen molar-refractivity contribution < 1.29 is 19.4 Å². The number of carbonyl (C=O) groups excluding carboxylic acids is 1. The number of benzene rings is 1. The van der Waals surface area contributed by atoms with Crippen LogP contribution >= 0.6 is 0 Å². The molecule has 5 heteroatoms. The van der Waals surface area contributed by atoms with Gasteiger partial charge < -0.3 is 14.7 Å². The molecule has 1 N–H and O–H groups in total. The summed E-state index contributed by atoms with van der Waals surface area (Å²) >= 11 is 0. The molecule has 1 fully saturated rings. The van der Waals surface area contributed by atoms with Gasteiger partial charge in [-0.2, -0.15) is 0 Å². The summed E-state index contributed by atoms with van der Waals surface area (Å²) in [6.45, 7) is 1.82. The lowest BCUT2D eigenvalue weighted by atomic mass is 9.84. The number of hydrogen-bond acceptors (Lipinski definition) is 3. The van der Waals surface area contributed by atoms with E-state index in [0.717, 1.165) is 18.8 Å². The van der Waals surface area contributed by atoms with Gasteiger partial charge in [-0.05, 0) is 49.8 Å². The van der Waals surface area contributed by atoms with E-state index in [0.29, 0.717) is 11.3 Å². The first-order valence-corrected chi connectivity index (χ1v) is 8.23. The topological polar surface area (TPSA) is 66.8 Å². The number of amides is 1. The summed E-state index contributed by atoms with van der Waals surface area (Å²) in [6.07, 6.45) is 5.68. The van der Waals surface area contributed by atoms with Gasteiger partial charge in [-0.15, -0.1) is 0 Å². The Bertz CT molecular complexity index is 550. The second-order valence-corrected chi connectivity index (χ2v) is 6.21. The van der Waals surface area contributed by atoms with Crippen molar-refractivity contribution in [3.05, 3.63) is 29.8 Å². The highest BCUT2D eigenvalue weighted by Crippen LogP contribution is 2.29. The van der Waals surface area contributed by atoms with Gasteiger partial charge in [0, 0.05) is 18.7 Å². The van der Waals surface area contributed by atoms with E-state index in [1.165, 1.54) is 19.3 Å². The second kappa shape index (κ2) is 7.99. The normalized spacial score (nSPS) is 20.8. The molecule has 0 unspecified atom stereocenters. The van der Waals surface area contributed by atoms with E-state index in [-0.39, 0.29) is 11.9 Å². The van der Waals surface area contributed by atoms with Gasteiger partial charge in [0.05, 0.1) is 0 Å². The maximum atomic E-state index is 12.6. The Hall–Kier alpha value is -2.04. The Morgan fingerprint density at radius 3 is 2.57 bits per heavy atom. The van der Waals surface area contributed by atoms with Crippen molar-refractivity contribution in [2.24, 2.45) is 5.92 Å². The molecule has 0 saturated heterocycles. The number of nitrogens with zero attached hydrogens (tertiary/aromatic N) is 1. The zero-order valence-electron chi connectivity index (χ0n) is 13.8. The smallest absolute Gasteiger partial charge is 0.341 e. The van der Waals surface area contributed by atoms with Crippen LogP contribution in [0.4, 0.5) is 0 Å². The standard InChI is InChI=1S/C18H25NO4/c1-3-13-7-9-15(10-8-13)19(2)18(22)14-5-4-6-16(11-14)23-12-17(20)21/h4-6,11,13,15H,3,7-10,12H2,1-2H3,(H,20,21). The van der Waals surface area contributed by atoms with E-state index in [2.05, 4.69) is 6.92 Å². The summed E-state index contributed by atoms with van der Waals surface area (Å²) in [7, 11) is 1.85. The lowest BCUT2D eigenvalue weighted by Gasteiger charge is -2.34. The maximum Gasteiger partial charge on any atom is 0.341 e. The summed E-state index contributed by atoms with van der Waals surface area (Å²) < 4.78 is 5.14. The van der Waals surface area contributed by atoms with Gasteiger partial charge in [0.15, 0.2) is 6.61 Å². The van der Waals surface area contributed by atoms with Crippen molar-refractivity contribution in [1.82, 2.24) is 4.90 Å². The van der Waals surface area contributed by atoms with Crippen molar-refractivity contribution in [3.63, 3.8) is 0 Å². The third kappa shape index (κ3) is 4.71. The fraction of sp³-hybridized carbons (Fsp3) is 0.556. The quantitative estimate of drug-likeness (QED) is 0.874. The minimum Gasteiger partial charge on any atom is -0.482 e. The van der Waals surface area contributed by atoms with Crippen LogP contribution < -0.4 is 4.74 Å². The van der Waals surface area contributed by atoms with Crippen molar-refractivity contribution in [2.45, 2.75) is 45.1 Å². The van der Waals surface area contributed by atoms with Crippen LogP contribution in [0, 0.1) is 5.92 Å². The van der Waals surface area contributed by atoms with Crippen LogP contribution in [0.15, 0.2) is 24.3 Å². The van der Waals surface area contributed by atoms with Crippen LogP contribution in [-0.4, -0.2) is 41.6 Å². The highest BCUT2D eigenvalue weighted by atomic mass is 16.5. The fourth-order valence-electron chi connectivity index (χ4n) is 3.17. The fourth-order valence-corrected chi connectivity index (χ4v) is 3.17. The van der Waals surface area contributed by atoms with E-state index < -0.39 is 12.6 Å². The Balaban J connectivity index is 1.99. The van der Waals surface area contributed by atoms with Crippen LogP contribution in [0.5, 0.6) is 5.75 Å². The predicted octanol–water partition coefficient (Wildman–Crippen LogP) is 3.19. The van der Waals surface area contributed by atoms with Gasteiger partial charge in [0.25, 0.3) is 5.91 Å². The number of rotatable bonds is 6. The van der Waals surface area contributed by atoms with Crippen molar-refractivity contribution >= 4 is 11.9 Å². The van der Waals surface area contributed by atoms with Crippen LogP contribution in [-0.2, 0) is 4.79 Å². The van der Waals surface area contributed by atoms with Gasteiger partial charge in [0.2, 0.25) is 0 Å². The number of hydrogen-bond donors (Lipinski definition) is 1. The lowest BCUT2D eigenvalue weighted by molar-refractivity contribution is -0.139. The molecule has 1 aliphatic rings. The minimum absolute atomic E-state index is 0.0364. The van der Waals surface area contributed by atoms with Gasteiger partial charge in [-0.25, -0.2) is 4.79 Å². The molecule has 0 bridgehead atoms. The summed E-state index contributed by atoms with van der Waals surface area (Å²) in [5.41, 5.74) is 0.535. The van der Waals surface area contributed by atoms with Crippen molar-refractivity contribution in [3.8, 4) is 5.75 Å². The van der Waals surface area contributed by atoms with E-state index in [9.17, 15) is 9.59 Å². The first kappa shape index (κ1) is 17.3. The molecule has 23 heavy (non-hydrogen) atoms. The summed E-state index contributed by atoms with van der Waals surface area (Å²) in [5, 5.41) is 8.65. The van der Waals surface area contributed by atoms with Gasteiger partial charge >= 0.3 is 5.97 Å². The largest absolute Gasteiger partial charge is 0.482 e. The SMILES string of the molecule is CCC1CCC(N(C)C(=O)c2cccc(OCC(=O)O)c2)CC1. The number of carbonyl (C=O) groups is 2. The monoisotopic (exact) mass is 319 g/mol. The number of carboxylic acids is 1. The highest BCUT2D eigenvalue weighted by molar-refractivity contribution is 5.94. The maximum absolute atomic E-state index is 12.6. The molecule has 1 aliphatic carbocycles. The molecule has 2 rings (SSSR count).